The van der Waals surface area contributed by atoms with Crippen LogP contribution in [0.4, 0.5) is 5.69 Å². The number of benzene rings is 1. The number of aryl methyl sites for hydroxylation is 1. The van der Waals surface area contributed by atoms with Gasteiger partial charge in [0.2, 0.25) is 10.0 Å². The lowest BCUT2D eigenvalue weighted by molar-refractivity contribution is -0.385. The van der Waals surface area contributed by atoms with Crippen LogP contribution < -0.4 is 4.72 Å². The third kappa shape index (κ3) is 3.03. The number of carbonyl (C=O) groups is 1. The largest absolute Gasteiger partial charge is 0.481 e. The van der Waals surface area contributed by atoms with Crippen molar-refractivity contribution in [2.24, 2.45) is 5.41 Å². The van der Waals surface area contributed by atoms with Gasteiger partial charge in [0, 0.05) is 18.7 Å². The fraction of sp³-hybridized carbons (Fsp3) is 0.417. The van der Waals surface area contributed by atoms with Gasteiger partial charge in [-0.05, 0) is 25.3 Å². The molecule has 1 aliphatic carbocycles. The normalized spacial score (nSPS) is 16.4. The molecule has 0 saturated heterocycles. The molecule has 0 aromatic heterocycles. The minimum atomic E-state index is -3.99. The van der Waals surface area contributed by atoms with Gasteiger partial charge in [0.25, 0.3) is 5.69 Å². The maximum absolute atomic E-state index is 12.2. The Morgan fingerprint density at radius 3 is 2.57 bits per heavy atom. The van der Waals surface area contributed by atoms with Crippen LogP contribution in [0.5, 0.6) is 0 Å². The van der Waals surface area contributed by atoms with Crippen molar-refractivity contribution in [1.29, 1.82) is 0 Å². The van der Waals surface area contributed by atoms with E-state index in [4.69, 9.17) is 5.11 Å². The molecule has 0 radical (unpaired) electrons. The van der Waals surface area contributed by atoms with Gasteiger partial charge in [-0.3, -0.25) is 14.9 Å². The van der Waals surface area contributed by atoms with Gasteiger partial charge in [-0.1, -0.05) is 6.07 Å². The van der Waals surface area contributed by atoms with Crippen LogP contribution in [0.1, 0.15) is 18.4 Å². The molecule has 2 rings (SSSR count). The molecule has 0 aliphatic heterocycles. The van der Waals surface area contributed by atoms with Crippen molar-refractivity contribution in [3.63, 3.8) is 0 Å². The van der Waals surface area contributed by atoms with Gasteiger partial charge in [-0.15, -0.1) is 0 Å². The van der Waals surface area contributed by atoms with E-state index < -0.39 is 26.3 Å². The minimum Gasteiger partial charge on any atom is -0.481 e. The first kappa shape index (κ1) is 15.4. The second-order valence-corrected chi connectivity index (χ2v) is 6.85. The molecule has 2 N–H and O–H groups in total. The van der Waals surface area contributed by atoms with Crippen molar-refractivity contribution >= 4 is 21.7 Å². The van der Waals surface area contributed by atoms with Gasteiger partial charge in [-0.25, -0.2) is 13.1 Å². The third-order valence-corrected chi connectivity index (χ3v) is 5.12. The molecule has 1 aliphatic rings. The number of sulfonamides is 1. The topological polar surface area (TPSA) is 127 Å². The second-order valence-electron chi connectivity index (χ2n) is 5.12. The predicted octanol–water partition coefficient (Wildman–Crippen LogP) is 1.05. The second kappa shape index (κ2) is 5.08. The summed E-state index contributed by atoms with van der Waals surface area (Å²) in [6.07, 6.45) is 0.831. The van der Waals surface area contributed by atoms with E-state index in [0.717, 1.165) is 6.07 Å². The highest BCUT2D eigenvalue weighted by atomic mass is 32.2. The number of aliphatic carboxylic acids is 1. The molecule has 0 bridgehead atoms. The summed E-state index contributed by atoms with van der Waals surface area (Å²) >= 11 is 0. The van der Waals surface area contributed by atoms with Gasteiger partial charge >= 0.3 is 5.97 Å². The molecule has 1 aromatic rings. The Bertz CT molecular complexity index is 708. The maximum atomic E-state index is 12.2. The molecule has 1 fully saturated rings. The van der Waals surface area contributed by atoms with E-state index in [1.807, 2.05) is 0 Å². The molecule has 21 heavy (non-hydrogen) atoms. The SMILES string of the molecule is Cc1ccc([N+](=O)[O-])cc1S(=O)(=O)NCC1(C(=O)O)CC1. The number of nitrogens with one attached hydrogen (secondary N) is 1. The lowest BCUT2D eigenvalue weighted by Gasteiger charge is -2.13. The fourth-order valence-corrected chi connectivity index (χ4v) is 3.31. The molecule has 0 unspecified atom stereocenters. The van der Waals surface area contributed by atoms with Crippen LogP contribution in [0.25, 0.3) is 0 Å². The van der Waals surface area contributed by atoms with Crippen LogP contribution in [-0.2, 0) is 14.8 Å². The van der Waals surface area contributed by atoms with Crippen LogP contribution in [-0.4, -0.2) is 31.0 Å². The number of nitro groups is 1. The number of carboxylic acid groups (broad SMARTS) is 1. The monoisotopic (exact) mass is 314 g/mol. The van der Waals surface area contributed by atoms with Crippen LogP contribution in [0.15, 0.2) is 23.1 Å². The summed E-state index contributed by atoms with van der Waals surface area (Å²) in [7, 11) is -3.99. The summed E-state index contributed by atoms with van der Waals surface area (Å²) in [5.41, 5.74) is -1.02. The van der Waals surface area contributed by atoms with Gasteiger partial charge in [0.05, 0.1) is 15.2 Å². The van der Waals surface area contributed by atoms with Gasteiger partial charge in [0.15, 0.2) is 0 Å². The summed E-state index contributed by atoms with van der Waals surface area (Å²) in [6, 6.07) is 3.53. The molecule has 0 atom stereocenters. The Morgan fingerprint density at radius 2 is 2.10 bits per heavy atom. The molecule has 8 nitrogen and oxygen atoms in total. The Kier molecular flexibility index (Phi) is 3.72. The van der Waals surface area contributed by atoms with Crippen LogP contribution in [0.3, 0.4) is 0 Å². The van der Waals surface area contributed by atoms with Crippen molar-refractivity contribution < 1.29 is 23.2 Å². The lowest BCUT2D eigenvalue weighted by atomic mass is 10.1. The highest BCUT2D eigenvalue weighted by Crippen LogP contribution is 2.45. The molecule has 1 saturated carbocycles. The van der Waals surface area contributed by atoms with E-state index in [0.29, 0.717) is 18.4 Å². The molecule has 9 heteroatoms. The molecule has 0 spiro atoms. The Labute approximate surface area is 121 Å². The van der Waals surface area contributed by atoms with Crippen molar-refractivity contribution in [3.8, 4) is 0 Å². The van der Waals surface area contributed by atoms with E-state index in [1.54, 1.807) is 0 Å². The van der Waals surface area contributed by atoms with Crippen LogP contribution >= 0.6 is 0 Å². The number of hydrogen-bond donors (Lipinski definition) is 2. The average Bonchev–Trinajstić information content (AvgIpc) is 3.17. The maximum Gasteiger partial charge on any atom is 0.310 e. The van der Waals surface area contributed by atoms with Crippen molar-refractivity contribution in [1.82, 2.24) is 4.72 Å². The molecular weight excluding hydrogens is 300 g/mol. The summed E-state index contributed by atoms with van der Waals surface area (Å²) in [5, 5.41) is 19.7. The fourth-order valence-electron chi connectivity index (χ4n) is 1.92. The molecule has 114 valence electrons. The standard InChI is InChI=1S/C12H14N2O6S/c1-8-2-3-9(14(17)18)6-10(8)21(19,20)13-7-12(4-5-12)11(15)16/h2-3,6,13H,4-5,7H2,1H3,(H,15,16). The number of rotatable bonds is 6. The van der Waals surface area contributed by atoms with E-state index in [2.05, 4.69) is 4.72 Å². The molecule has 0 amide bonds. The summed E-state index contributed by atoms with van der Waals surface area (Å²) in [4.78, 5) is 20.9. The molecule has 1 aromatic carbocycles. The number of hydrogen-bond acceptors (Lipinski definition) is 5. The molecule has 0 heterocycles. The van der Waals surface area contributed by atoms with E-state index in [9.17, 15) is 23.3 Å². The first-order valence-corrected chi connectivity index (χ1v) is 7.64. The van der Waals surface area contributed by atoms with Crippen molar-refractivity contribution in [3.05, 3.63) is 33.9 Å². The highest BCUT2D eigenvalue weighted by molar-refractivity contribution is 7.89. The Hall–Kier alpha value is -2.00. The van der Waals surface area contributed by atoms with Crippen LogP contribution in [0.2, 0.25) is 0 Å². The zero-order valence-electron chi connectivity index (χ0n) is 11.2. The quantitative estimate of drug-likeness (QED) is 0.597. The first-order valence-electron chi connectivity index (χ1n) is 6.16. The minimum absolute atomic E-state index is 0.210. The van der Waals surface area contributed by atoms with Gasteiger partial charge in [-0.2, -0.15) is 0 Å². The molecular formula is C12H14N2O6S. The van der Waals surface area contributed by atoms with E-state index in [-0.39, 0.29) is 17.1 Å². The van der Waals surface area contributed by atoms with Gasteiger partial charge < -0.3 is 5.11 Å². The zero-order chi connectivity index (χ0) is 15.8. The van der Waals surface area contributed by atoms with E-state index in [1.165, 1.54) is 19.1 Å². The predicted molar refractivity (Wildman–Crippen MR) is 72.3 cm³/mol. The number of nitro benzene ring substituents is 1. The highest BCUT2D eigenvalue weighted by Gasteiger charge is 2.50. The Balaban J connectivity index is 2.25. The van der Waals surface area contributed by atoms with Gasteiger partial charge in [0.1, 0.15) is 0 Å². The zero-order valence-corrected chi connectivity index (χ0v) is 12.0. The van der Waals surface area contributed by atoms with Crippen LogP contribution in [0, 0.1) is 22.5 Å². The first-order chi connectivity index (χ1) is 9.68. The third-order valence-electron chi connectivity index (χ3n) is 3.58. The van der Waals surface area contributed by atoms with Crippen molar-refractivity contribution in [2.75, 3.05) is 6.54 Å². The smallest absolute Gasteiger partial charge is 0.310 e. The number of non-ortho nitro benzene ring substituents is 1. The Morgan fingerprint density at radius 1 is 1.48 bits per heavy atom. The summed E-state index contributed by atoms with van der Waals surface area (Å²) in [6.45, 7) is 1.30. The number of carboxylic acids is 1. The average molecular weight is 314 g/mol. The lowest BCUT2D eigenvalue weighted by Crippen LogP contribution is -2.34. The number of nitrogens with zero attached hydrogens (tertiary/aromatic N) is 1. The van der Waals surface area contributed by atoms with Crippen molar-refractivity contribution in [2.45, 2.75) is 24.7 Å². The summed E-state index contributed by atoms with van der Waals surface area (Å²) in [5.74, 6) is -1.04. The summed E-state index contributed by atoms with van der Waals surface area (Å²) < 4.78 is 26.6. The van der Waals surface area contributed by atoms with E-state index >= 15 is 0 Å².